The Balaban J connectivity index is 2.24. The standard InChI is InChI=1S/C19H13F5N2O3S/c1-2-13(17(28)29)26-14-5-3-4-12(21)15(14)30-18(26)25-16(27)9-6-10(19(22,23)24)8-11(20)7-9/h3-8,13H,2H2,1H3,(H,28,29). The Hall–Kier alpha value is -3.08. The molecule has 30 heavy (non-hydrogen) atoms. The highest BCUT2D eigenvalue weighted by molar-refractivity contribution is 7.16. The molecular formula is C19H13F5N2O3S. The van der Waals surface area contributed by atoms with Gasteiger partial charge in [0.15, 0.2) is 4.80 Å². The molecule has 1 unspecified atom stereocenters. The Morgan fingerprint density at radius 3 is 2.50 bits per heavy atom. The number of aliphatic carboxylic acids is 1. The number of aromatic nitrogens is 1. The van der Waals surface area contributed by atoms with Gasteiger partial charge in [-0.2, -0.15) is 18.2 Å². The lowest BCUT2D eigenvalue weighted by molar-refractivity contribution is -0.141. The van der Waals surface area contributed by atoms with Crippen LogP contribution in [0.3, 0.4) is 0 Å². The molecular weight excluding hydrogens is 431 g/mol. The smallest absolute Gasteiger partial charge is 0.416 e. The minimum Gasteiger partial charge on any atom is -0.480 e. The van der Waals surface area contributed by atoms with E-state index in [1.165, 1.54) is 12.1 Å². The zero-order valence-corrected chi connectivity index (χ0v) is 16.0. The van der Waals surface area contributed by atoms with E-state index in [2.05, 4.69) is 4.99 Å². The van der Waals surface area contributed by atoms with Gasteiger partial charge in [0.25, 0.3) is 5.91 Å². The number of halogens is 5. The first-order chi connectivity index (χ1) is 14.0. The summed E-state index contributed by atoms with van der Waals surface area (Å²) in [6.07, 6.45) is -4.81. The van der Waals surface area contributed by atoms with Gasteiger partial charge in [0.2, 0.25) is 0 Å². The fourth-order valence-corrected chi connectivity index (χ4v) is 3.98. The van der Waals surface area contributed by atoms with E-state index in [1.54, 1.807) is 6.92 Å². The van der Waals surface area contributed by atoms with Crippen LogP contribution in [-0.2, 0) is 11.0 Å². The topological polar surface area (TPSA) is 71.7 Å². The number of alkyl halides is 3. The molecule has 0 aliphatic rings. The Bertz CT molecular complexity index is 1210. The highest BCUT2D eigenvalue weighted by Crippen LogP contribution is 2.31. The van der Waals surface area contributed by atoms with Crippen molar-refractivity contribution in [3.63, 3.8) is 0 Å². The predicted octanol–water partition coefficient (Wildman–Crippen LogP) is 4.78. The minimum absolute atomic E-state index is 0.0268. The van der Waals surface area contributed by atoms with Gasteiger partial charge < -0.3 is 9.67 Å². The Morgan fingerprint density at radius 2 is 1.90 bits per heavy atom. The van der Waals surface area contributed by atoms with E-state index in [9.17, 15) is 36.6 Å². The van der Waals surface area contributed by atoms with Crippen LogP contribution in [0.4, 0.5) is 22.0 Å². The fraction of sp³-hybridized carbons (Fsp3) is 0.211. The van der Waals surface area contributed by atoms with Crippen LogP contribution in [0.5, 0.6) is 0 Å². The van der Waals surface area contributed by atoms with Crippen molar-refractivity contribution in [1.29, 1.82) is 0 Å². The second kappa shape index (κ2) is 7.98. The molecule has 2 aromatic carbocycles. The van der Waals surface area contributed by atoms with Gasteiger partial charge in [0.1, 0.15) is 17.7 Å². The van der Waals surface area contributed by atoms with E-state index in [1.807, 2.05) is 0 Å². The summed E-state index contributed by atoms with van der Waals surface area (Å²) in [5.41, 5.74) is -1.88. The minimum atomic E-state index is -4.88. The van der Waals surface area contributed by atoms with Gasteiger partial charge in [0, 0.05) is 5.56 Å². The summed E-state index contributed by atoms with van der Waals surface area (Å²) in [7, 11) is 0. The predicted molar refractivity (Wildman–Crippen MR) is 98.0 cm³/mol. The Morgan fingerprint density at radius 1 is 1.20 bits per heavy atom. The molecule has 0 fully saturated rings. The van der Waals surface area contributed by atoms with Crippen molar-refractivity contribution < 1.29 is 36.6 Å². The Labute approximate surface area is 169 Å². The first-order valence-corrected chi connectivity index (χ1v) is 9.33. The lowest BCUT2D eigenvalue weighted by Gasteiger charge is -2.13. The summed E-state index contributed by atoms with van der Waals surface area (Å²) in [5, 5.41) is 9.50. The van der Waals surface area contributed by atoms with Crippen LogP contribution in [0.15, 0.2) is 41.4 Å². The second-order valence-corrected chi connectivity index (χ2v) is 7.23. The van der Waals surface area contributed by atoms with Crippen LogP contribution in [-0.4, -0.2) is 21.6 Å². The summed E-state index contributed by atoms with van der Waals surface area (Å²) < 4.78 is 67.7. The molecule has 3 rings (SSSR count). The summed E-state index contributed by atoms with van der Waals surface area (Å²) in [5.74, 6) is -4.44. The van der Waals surface area contributed by atoms with Crippen LogP contribution in [0.25, 0.3) is 10.2 Å². The van der Waals surface area contributed by atoms with Gasteiger partial charge in [-0.05, 0) is 36.8 Å². The van der Waals surface area contributed by atoms with Crippen molar-refractivity contribution in [2.24, 2.45) is 4.99 Å². The third-order valence-electron chi connectivity index (χ3n) is 4.26. The van der Waals surface area contributed by atoms with Crippen molar-refractivity contribution in [3.05, 3.63) is 64.0 Å². The van der Waals surface area contributed by atoms with Crippen LogP contribution in [0.1, 0.15) is 35.3 Å². The number of carbonyl (C=O) groups is 2. The van der Waals surface area contributed by atoms with Crippen molar-refractivity contribution >= 4 is 33.4 Å². The number of carbonyl (C=O) groups excluding carboxylic acids is 1. The molecule has 0 bridgehead atoms. The molecule has 1 amide bonds. The highest BCUT2D eigenvalue weighted by Gasteiger charge is 2.32. The first-order valence-electron chi connectivity index (χ1n) is 8.52. The lowest BCUT2D eigenvalue weighted by Crippen LogP contribution is -2.27. The number of rotatable bonds is 4. The molecule has 5 nitrogen and oxygen atoms in total. The monoisotopic (exact) mass is 444 g/mol. The van der Waals surface area contributed by atoms with E-state index in [4.69, 9.17) is 0 Å². The van der Waals surface area contributed by atoms with Gasteiger partial charge >= 0.3 is 12.1 Å². The average molecular weight is 444 g/mol. The fourth-order valence-electron chi connectivity index (χ4n) is 2.91. The van der Waals surface area contributed by atoms with Crippen molar-refractivity contribution in [3.8, 4) is 0 Å². The summed E-state index contributed by atoms with van der Waals surface area (Å²) in [4.78, 5) is 27.6. The van der Waals surface area contributed by atoms with Crippen molar-refractivity contribution in [2.45, 2.75) is 25.6 Å². The number of carboxylic acid groups (broad SMARTS) is 1. The maximum Gasteiger partial charge on any atom is 0.416 e. The molecule has 0 aliphatic heterocycles. The Kier molecular flexibility index (Phi) is 5.75. The third kappa shape index (κ3) is 4.11. The lowest BCUT2D eigenvalue weighted by atomic mass is 10.1. The SMILES string of the molecule is CCC(C(=O)O)n1c(=NC(=O)c2cc(F)cc(C(F)(F)F)c2)sc2c(F)cccc21. The molecule has 158 valence electrons. The zero-order valence-electron chi connectivity index (χ0n) is 15.2. The van der Waals surface area contributed by atoms with E-state index in [0.29, 0.717) is 23.5 Å². The molecule has 11 heteroatoms. The number of hydrogen-bond acceptors (Lipinski definition) is 3. The van der Waals surface area contributed by atoms with E-state index < -0.39 is 46.9 Å². The summed E-state index contributed by atoms with van der Waals surface area (Å²) >= 11 is 0.670. The van der Waals surface area contributed by atoms with Gasteiger partial charge in [-0.15, -0.1) is 0 Å². The maximum absolute atomic E-state index is 14.2. The van der Waals surface area contributed by atoms with Gasteiger partial charge in [-0.1, -0.05) is 24.3 Å². The first kappa shape index (κ1) is 21.6. The highest BCUT2D eigenvalue weighted by atomic mass is 32.1. The number of fused-ring (bicyclic) bond motifs is 1. The van der Waals surface area contributed by atoms with Crippen molar-refractivity contribution in [2.75, 3.05) is 0 Å². The number of carboxylic acids is 1. The van der Waals surface area contributed by atoms with Crippen molar-refractivity contribution in [1.82, 2.24) is 4.57 Å². The van der Waals surface area contributed by atoms with E-state index in [0.717, 1.165) is 10.6 Å². The molecule has 1 heterocycles. The summed E-state index contributed by atoms with van der Waals surface area (Å²) in [6, 6.07) is 4.00. The molecule has 1 N–H and O–H groups in total. The second-order valence-electron chi connectivity index (χ2n) is 6.25. The zero-order chi connectivity index (χ0) is 22.2. The third-order valence-corrected chi connectivity index (χ3v) is 5.34. The number of nitrogens with zero attached hydrogens (tertiary/aromatic N) is 2. The molecule has 0 radical (unpaired) electrons. The number of amides is 1. The van der Waals surface area contributed by atoms with E-state index in [-0.39, 0.29) is 27.5 Å². The van der Waals surface area contributed by atoms with Crippen LogP contribution in [0, 0.1) is 11.6 Å². The quantitative estimate of drug-likeness (QED) is 0.589. The molecule has 0 saturated heterocycles. The largest absolute Gasteiger partial charge is 0.480 e. The molecule has 3 aromatic rings. The number of thiazole rings is 1. The van der Waals surface area contributed by atoms with Crippen LogP contribution >= 0.6 is 11.3 Å². The molecule has 0 spiro atoms. The summed E-state index contributed by atoms with van der Waals surface area (Å²) in [6.45, 7) is 1.56. The number of hydrogen-bond donors (Lipinski definition) is 1. The maximum atomic E-state index is 14.2. The van der Waals surface area contributed by atoms with Gasteiger partial charge in [-0.3, -0.25) is 4.79 Å². The van der Waals surface area contributed by atoms with Gasteiger partial charge in [-0.25, -0.2) is 13.6 Å². The van der Waals surface area contributed by atoms with Gasteiger partial charge in [0.05, 0.1) is 15.8 Å². The van der Waals surface area contributed by atoms with Crippen LogP contribution in [0.2, 0.25) is 0 Å². The molecule has 0 aliphatic carbocycles. The molecule has 1 aromatic heterocycles. The average Bonchev–Trinajstić information content (AvgIpc) is 3.00. The normalized spacial score (nSPS) is 13.6. The van der Waals surface area contributed by atoms with E-state index >= 15 is 0 Å². The molecule has 0 saturated carbocycles. The number of benzene rings is 2. The van der Waals surface area contributed by atoms with Crippen LogP contribution < -0.4 is 4.80 Å². The molecule has 1 atom stereocenters.